The number of pyridine rings is 1. The first-order valence-corrected chi connectivity index (χ1v) is 8.21. The Labute approximate surface area is 135 Å². The van der Waals surface area contributed by atoms with Crippen molar-refractivity contribution in [2.45, 2.75) is 13.3 Å². The zero-order valence-electron chi connectivity index (χ0n) is 11.5. The molecule has 0 unspecified atom stereocenters. The van der Waals surface area contributed by atoms with Gasteiger partial charge in [0.1, 0.15) is 11.3 Å². The number of nitrogens with one attached hydrogen (secondary N) is 1. The Morgan fingerprint density at radius 2 is 2.24 bits per heavy atom. The van der Waals surface area contributed by atoms with Crippen LogP contribution in [-0.4, -0.2) is 21.8 Å². The average Bonchev–Trinajstić information content (AvgIpc) is 3.06. The molecule has 0 fully saturated rings. The smallest absolute Gasteiger partial charge is 0.271 e. The molecular formula is C15H14BrN3OS. The van der Waals surface area contributed by atoms with Crippen molar-refractivity contribution < 1.29 is 4.79 Å². The van der Waals surface area contributed by atoms with E-state index in [1.54, 1.807) is 17.5 Å². The zero-order chi connectivity index (χ0) is 14.8. The quantitative estimate of drug-likeness (QED) is 0.771. The molecule has 0 aliphatic heterocycles. The first-order valence-electron chi connectivity index (χ1n) is 6.60. The second kappa shape index (κ2) is 5.99. The van der Waals surface area contributed by atoms with E-state index >= 15 is 0 Å². The standard InChI is InChI=1S/C15H14BrN3OS/c1-10-3-2-4-14-18-12(9-19(10)14)15(20)17-8-7-11-5-6-13(16)21-11/h2-6,9H,7-8H2,1H3,(H,17,20). The third kappa shape index (κ3) is 3.16. The molecule has 0 aliphatic rings. The summed E-state index contributed by atoms with van der Waals surface area (Å²) in [6, 6.07) is 9.91. The topological polar surface area (TPSA) is 46.4 Å². The summed E-state index contributed by atoms with van der Waals surface area (Å²) in [5.41, 5.74) is 2.31. The summed E-state index contributed by atoms with van der Waals surface area (Å²) < 4.78 is 3.03. The molecule has 3 rings (SSSR count). The highest BCUT2D eigenvalue weighted by Gasteiger charge is 2.11. The van der Waals surface area contributed by atoms with Crippen LogP contribution in [0.25, 0.3) is 5.65 Å². The van der Waals surface area contributed by atoms with Crippen molar-refractivity contribution in [1.82, 2.24) is 14.7 Å². The van der Waals surface area contributed by atoms with E-state index in [1.165, 1.54) is 4.88 Å². The third-order valence-corrected chi connectivity index (χ3v) is 4.90. The van der Waals surface area contributed by atoms with Crippen LogP contribution in [-0.2, 0) is 6.42 Å². The number of imidazole rings is 1. The Kier molecular flexibility index (Phi) is 4.07. The lowest BCUT2D eigenvalue weighted by atomic mass is 10.3. The van der Waals surface area contributed by atoms with Gasteiger partial charge in [0.15, 0.2) is 0 Å². The number of aryl methyl sites for hydroxylation is 1. The molecule has 1 amide bonds. The van der Waals surface area contributed by atoms with Crippen molar-refractivity contribution in [2.75, 3.05) is 6.54 Å². The molecular weight excluding hydrogens is 350 g/mol. The fourth-order valence-corrected chi connectivity index (χ4v) is 3.62. The molecule has 0 aliphatic carbocycles. The van der Waals surface area contributed by atoms with Gasteiger partial charge in [0.25, 0.3) is 5.91 Å². The highest BCUT2D eigenvalue weighted by Crippen LogP contribution is 2.22. The van der Waals surface area contributed by atoms with E-state index in [4.69, 9.17) is 0 Å². The van der Waals surface area contributed by atoms with E-state index in [0.29, 0.717) is 12.2 Å². The lowest BCUT2D eigenvalue weighted by molar-refractivity contribution is 0.0950. The number of aromatic nitrogens is 2. The largest absolute Gasteiger partial charge is 0.350 e. The predicted molar refractivity (Wildman–Crippen MR) is 88.0 cm³/mol. The van der Waals surface area contributed by atoms with Crippen LogP contribution in [0.3, 0.4) is 0 Å². The number of hydrogen-bond acceptors (Lipinski definition) is 3. The number of carbonyl (C=O) groups is 1. The van der Waals surface area contributed by atoms with Crippen molar-refractivity contribution in [3.63, 3.8) is 0 Å². The summed E-state index contributed by atoms with van der Waals surface area (Å²) in [5, 5.41) is 2.91. The molecule has 0 saturated carbocycles. The minimum atomic E-state index is -0.131. The number of rotatable bonds is 4. The van der Waals surface area contributed by atoms with Gasteiger partial charge in [-0.05, 0) is 53.5 Å². The first kappa shape index (κ1) is 14.3. The van der Waals surface area contributed by atoms with Gasteiger partial charge in [0.2, 0.25) is 0 Å². The molecule has 21 heavy (non-hydrogen) atoms. The van der Waals surface area contributed by atoms with Crippen molar-refractivity contribution in [3.8, 4) is 0 Å². The number of fused-ring (bicyclic) bond motifs is 1. The highest BCUT2D eigenvalue weighted by atomic mass is 79.9. The molecule has 3 heterocycles. The van der Waals surface area contributed by atoms with Crippen LogP contribution in [0.4, 0.5) is 0 Å². The van der Waals surface area contributed by atoms with Crippen LogP contribution >= 0.6 is 27.3 Å². The van der Waals surface area contributed by atoms with E-state index in [0.717, 1.165) is 21.5 Å². The molecule has 6 heteroatoms. The second-order valence-electron chi connectivity index (χ2n) is 4.73. The van der Waals surface area contributed by atoms with Crippen molar-refractivity contribution >= 4 is 38.8 Å². The van der Waals surface area contributed by atoms with Crippen LogP contribution < -0.4 is 5.32 Å². The van der Waals surface area contributed by atoms with Gasteiger partial charge in [-0.3, -0.25) is 4.79 Å². The van der Waals surface area contributed by atoms with E-state index < -0.39 is 0 Å². The average molecular weight is 364 g/mol. The summed E-state index contributed by atoms with van der Waals surface area (Å²) in [6.45, 7) is 2.60. The fraction of sp³-hybridized carbons (Fsp3) is 0.200. The van der Waals surface area contributed by atoms with Gasteiger partial charge >= 0.3 is 0 Å². The maximum Gasteiger partial charge on any atom is 0.271 e. The molecule has 0 aromatic carbocycles. The number of amides is 1. The molecule has 3 aromatic rings. The molecule has 0 spiro atoms. The Morgan fingerprint density at radius 1 is 1.38 bits per heavy atom. The van der Waals surface area contributed by atoms with Gasteiger partial charge in [-0.1, -0.05) is 6.07 Å². The summed E-state index contributed by atoms with van der Waals surface area (Å²) in [7, 11) is 0. The van der Waals surface area contributed by atoms with Gasteiger partial charge in [-0.2, -0.15) is 0 Å². The summed E-state index contributed by atoms with van der Waals surface area (Å²) in [4.78, 5) is 17.7. The maximum atomic E-state index is 12.1. The number of hydrogen-bond donors (Lipinski definition) is 1. The van der Waals surface area contributed by atoms with Crippen LogP contribution in [0, 0.1) is 6.92 Å². The number of thiophene rings is 1. The molecule has 1 N–H and O–H groups in total. The first-order chi connectivity index (χ1) is 10.1. The molecule has 3 aromatic heterocycles. The van der Waals surface area contributed by atoms with E-state index in [9.17, 15) is 4.79 Å². The Hall–Kier alpha value is -1.66. The molecule has 0 atom stereocenters. The van der Waals surface area contributed by atoms with Gasteiger partial charge in [-0.15, -0.1) is 11.3 Å². The zero-order valence-corrected chi connectivity index (χ0v) is 13.9. The van der Waals surface area contributed by atoms with Crippen molar-refractivity contribution in [2.24, 2.45) is 0 Å². The molecule has 108 valence electrons. The summed E-state index contributed by atoms with van der Waals surface area (Å²) >= 11 is 5.12. The van der Waals surface area contributed by atoms with Gasteiger partial charge < -0.3 is 9.72 Å². The summed E-state index contributed by atoms with van der Waals surface area (Å²) in [5.74, 6) is -0.131. The van der Waals surface area contributed by atoms with Crippen LogP contribution in [0.5, 0.6) is 0 Å². The Morgan fingerprint density at radius 3 is 2.95 bits per heavy atom. The number of carbonyl (C=O) groups excluding carboxylic acids is 1. The third-order valence-electron chi connectivity index (χ3n) is 3.21. The Balaban J connectivity index is 1.65. The van der Waals surface area contributed by atoms with E-state index in [2.05, 4.69) is 32.3 Å². The van der Waals surface area contributed by atoms with Gasteiger partial charge in [0, 0.05) is 23.3 Å². The minimum absolute atomic E-state index is 0.131. The fourth-order valence-electron chi connectivity index (χ4n) is 2.13. The molecule has 0 bridgehead atoms. The van der Waals surface area contributed by atoms with Crippen LogP contribution in [0.15, 0.2) is 40.3 Å². The monoisotopic (exact) mass is 363 g/mol. The lowest BCUT2D eigenvalue weighted by Gasteiger charge is -2.01. The normalized spacial score (nSPS) is 11.0. The summed E-state index contributed by atoms with van der Waals surface area (Å²) in [6.07, 6.45) is 2.61. The van der Waals surface area contributed by atoms with Crippen LogP contribution in [0.2, 0.25) is 0 Å². The van der Waals surface area contributed by atoms with E-state index in [-0.39, 0.29) is 5.91 Å². The van der Waals surface area contributed by atoms with Crippen LogP contribution in [0.1, 0.15) is 21.1 Å². The van der Waals surface area contributed by atoms with Gasteiger partial charge in [0.05, 0.1) is 3.79 Å². The van der Waals surface area contributed by atoms with Gasteiger partial charge in [-0.25, -0.2) is 4.98 Å². The lowest BCUT2D eigenvalue weighted by Crippen LogP contribution is -2.25. The number of nitrogens with zero attached hydrogens (tertiary/aromatic N) is 2. The molecule has 0 saturated heterocycles. The Bertz CT molecular complexity index is 793. The molecule has 4 nitrogen and oxygen atoms in total. The second-order valence-corrected chi connectivity index (χ2v) is 7.28. The molecule has 0 radical (unpaired) electrons. The number of halogens is 1. The SMILES string of the molecule is Cc1cccc2nc(C(=O)NCCc3ccc(Br)s3)cn12. The predicted octanol–water partition coefficient (Wildman–Crippen LogP) is 3.44. The highest BCUT2D eigenvalue weighted by molar-refractivity contribution is 9.11. The van der Waals surface area contributed by atoms with Crippen molar-refractivity contribution in [3.05, 3.63) is 56.6 Å². The van der Waals surface area contributed by atoms with E-state index in [1.807, 2.05) is 35.6 Å². The minimum Gasteiger partial charge on any atom is -0.350 e. The maximum absolute atomic E-state index is 12.1. The van der Waals surface area contributed by atoms with Crippen molar-refractivity contribution in [1.29, 1.82) is 0 Å².